The van der Waals surface area contributed by atoms with Crippen LogP contribution in [0.4, 0.5) is 0 Å². The Morgan fingerprint density at radius 3 is 2.55 bits per heavy atom. The van der Waals surface area contributed by atoms with Crippen molar-refractivity contribution in [2.45, 2.75) is 24.4 Å². The van der Waals surface area contributed by atoms with Gasteiger partial charge in [0, 0.05) is 12.0 Å². The van der Waals surface area contributed by atoms with Crippen LogP contribution in [0.25, 0.3) is 0 Å². The van der Waals surface area contributed by atoms with E-state index in [2.05, 4.69) is 29.6 Å². The predicted molar refractivity (Wildman–Crippen MR) is 88.9 cm³/mol. The molecule has 3 nitrogen and oxygen atoms in total. The highest BCUT2D eigenvalue weighted by Crippen LogP contribution is 2.56. The predicted octanol–water partition coefficient (Wildman–Crippen LogP) is 2.56. The molecule has 4 heteroatoms. The van der Waals surface area contributed by atoms with Gasteiger partial charge in [0.2, 0.25) is 5.91 Å². The van der Waals surface area contributed by atoms with Gasteiger partial charge in [-0.05, 0) is 29.0 Å². The highest BCUT2D eigenvalue weighted by atomic mass is 35.5. The van der Waals surface area contributed by atoms with Crippen LogP contribution in [-0.2, 0) is 11.2 Å². The summed E-state index contributed by atoms with van der Waals surface area (Å²) in [6.45, 7) is 0. The summed E-state index contributed by atoms with van der Waals surface area (Å²) < 4.78 is 0. The van der Waals surface area contributed by atoms with Gasteiger partial charge in [-0.2, -0.15) is 0 Å². The Hall–Kier alpha value is -1.84. The van der Waals surface area contributed by atoms with Crippen LogP contribution in [0.2, 0.25) is 0 Å². The summed E-state index contributed by atoms with van der Waals surface area (Å²) in [6, 6.07) is 17.8. The number of amides is 1. The van der Waals surface area contributed by atoms with Crippen LogP contribution in [0.3, 0.4) is 0 Å². The first-order valence-electron chi connectivity index (χ1n) is 7.44. The van der Waals surface area contributed by atoms with Crippen LogP contribution >= 0.6 is 12.4 Å². The number of carbonyl (C=O) groups is 1. The van der Waals surface area contributed by atoms with Crippen molar-refractivity contribution in [1.82, 2.24) is 5.32 Å². The molecule has 3 N–H and O–H groups in total. The second-order valence-corrected chi connectivity index (χ2v) is 6.02. The van der Waals surface area contributed by atoms with Gasteiger partial charge >= 0.3 is 0 Å². The van der Waals surface area contributed by atoms with Gasteiger partial charge in [-0.3, -0.25) is 4.79 Å². The minimum Gasteiger partial charge on any atom is -0.351 e. The Bertz CT molecular complexity index is 688. The van der Waals surface area contributed by atoms with Gasteiger partial charge in [0.05, 0.1) is 0 Å². The van der Waals surface area contributed by atoms with E-state index in [0.717, 1.165) is 12.0 Å². The molecule has 0 aliphatic heterocycles. The maximum absolute atomic E-state index is 12.3. The Balaban J connectivity index is 0.00000144. The van der Waals surface area contributed by atoms with Crippen molar-refractivity contribution in [3.8, 4) is 0 Å². The Morgan fingerprint density at radius 1 is 1.09 bits per heavy atom. The van der Waals surface area contributed by atoms with Crippen molar-refractivity contribution in [2.24, 2.45) is 11.7 Å². The molecule has 0 saturated heterocycles. The van der Waals surface area contributed by atoms with Crippen LogP contribution in [0.5, 0.6) is 0 Å². The average Bonchev–Trinajstić information content (AvgIpc) is 3.04. The first kappa shape index (κ1) is 15.1. The quantitative estimate of drug-likeness (QED) is 0.915. The summed E-state index contributed by atoms with van der Waals surface area (Å²) in [4.78, 5) is 12.3. The van der Waals surface area contributed by atoms with Crippen LogP contribution in [0.1, 0.15) is 28.7 Å². The highest BCUT2D eigenvalue weighted by Gasteiger charge is 2.56. The minimum atomic E-state index is -0.581. The molecule has 4 unspecified atom stereocenters. The number of halogens is 1. The minimum absolute atomic E-state index is 0. The zero-order chi connectivity index (χ0) is 14.4. The molecule has 2 aromatic carbocycles. The van der Waals surface area contributed by atoms with Crippen molar-refractivity contribution < 1.29 is 4.79 Å². The molecule has 4 rings (SSSR count). The summed E-state index contributed by atoms with van der Waals surface area (Å²) in [5.74, 6) is 0.987. The molecule has 0 aromatic heterocycles. The van der Waals surface area contributed by atoms with Crippen molar-refractivity contribution in [3.05, 3.63) is 71.3 Å². The molecule has 2 aromatic rings. The molecule has 22 heavy (non-hydrogen) atoms. The summed E-state index contributed by atoms with van der Waals surface area (Å²) in [7, 11) is 0. The monoisotopic (exact) mass is 314 g/mol. The lowest BCUT2D eigenvalue weighted by Gasteiger charge is -2.14. The first-order chi connectivity index (χ1) is 10.3. The zero-order valence-corrected chi connectivity index (χ0v) is 12.9. The second-order valence-electron chi connectivity index (χ2n) is 6.02. The Morgan fingerprint density at radius 2 is 1.77 bits per heavy atom. The molecule has 1 fully saturated rings. The third-order valence-corrected chi connectivity index (χ3v) is 4.79. The highest BCUT2D eigenvalue weighted by molar-refractivity contribution is 5.85. The number of nitrogens with two attached hydrogens (primary N) is 1. The van der Waals surface area contributed by atoms with Gasteiger partial charge < -0.3 is 11.1 Å². The van der Waals surface area contributed by atoms with Gasteiger partial charge in [0.25, 0.3) is 0 Å². The fourth-order valence-electron chi connectivity index (χ4n) is 3.61. The number of carbonyl (C=O) groups excluding carboxylic acids is 1. The molecular weight excluding hydrogens is 296 g/mol. The van der Waals surface area contributed by atoms with E-state index in [4.69, 9.17) is 5.73 Å². The summed E-state index contributed by atoms with van der Waals surface area (Å²) in [5, 5.41) is 3.13. The Labute approximate surface area is 136 Å². The van der Waals surface area contributed by atoms with E-state index < -0.39 is 6.04 Å². The first-order valence-corrected chi connectivity index (χ1v) is 7.44. The average molecular weight is 315 g/mol. The van der Waals surface area contributed by atoms with E-state index in [-0.39, 0.29) is 24.4 Å². The Kier molecular flexibility index (Phi) is 3.94. The summed E-state index contributed by atoms with van der Waals surface area (Å²) >= 11 is 0. The maximum atomic E-state index is 12.3. The van der Waals surface area contributed by atoms with Crippen LogP contribution in [0, 0.1) is 5.92 Å². The van der Waals surface area contributed by atoms with Crippen LogP contribution < -0.4 is 11.1 Å². The smallest absolute Gasteiger partial charge is 0.241 e. The zero-order valence-electron chi connectivity index (χ0n) is 12.1. The van der Waals surface area contributed by atoms with E-state index in [0.29, 0.717) is 11.8 Å². The van der Waals surface area contributed by atoms with Gasteiger partial charge in [0.15, 0.2) is 0 Å². The van der Waals surface area contributed by atoms with Crippen molar-refractivity contribution in [3.63, 3.8) is 0 Å². The SMILES string of the molecule is Cl.NC(C(=O)NC1C2Cc3ccccc3C21)c1ccccc1. The molecule has 1 saturated carbocycles. The number of fused-ring (bicyclic) bond motifs is 3. The fourth-order valence-corrected chi connectivity index (χ4v) is 3.61. The molecule has 0 spiro atoms. The van der Waals surface area contributed by atoms with E-state index in [1.165, 1.54) is 11.1 Å². The van der Waals surface area contributed by atoms with Gasteiger partial charge in [-0.1, -0.05) is 54.6 Å². The van der Waals surface area contributed by atoms with Crippen molar-refractivity contribution in [1.29, 1.82) is 0 Å². The largest absolute Gasteiger partial charge is 0.351 e. The third kappa shape index (κ3) is 2.40. The lowest BCUT2D eigenvalue weighted by molar-refractivity contribution is -0.122. The number of nitrogens with one attached hydrogen (secondary N) is 1. The molecule has 2 aliphatic rings. The van der Waals surface area contributed by atoms with Crippen LogP contribution in [0.15, 0.2) is 54.6 Å². The normalized spacial score (nSPS) is 25.4. The molecule has 1 amide bonds. The van der Waals surface area contributed by atoms with Gasteiger partial charge in [-0.15, -0.1) is 12.4 Å². The van der Waals surface area contributed by atoms with E-state index in [9.17, 15) is 4.79 Å². The number of hydrogen-bond acceptors (Lipinski definition) is 2. The molecule has 0 heterocycles. The molecule has 4 atom stereocenters. The molecule has 2 aliphatic carbocycles. The van der Waals surface area contributed by atoms with Gasteiger partial charge in [-0.25, -0.2) is 0 Å². The molecule has 0 radical (unpaired) electrons. The third-order valence-electron chi connectivity index (χ3n) is 4.79. The van der Waals surface area contributed by atoms with Crippen molar-refractivity contribution >= 4 is 18.3 Å². The maximum Gasteiger partial charge on any atom is 0.241 e. The second kappa shape index (κ2) is 5.75. The molecular formula is C18H19ClN2O. The van der Waals surface area contributed by atoms with Crippen molar-refractivity contribution in [2.75, 3.05) is 0 Å². The lowest BCUT2D eigenvalue weighted by atomic mass is 10.0. The number of hydrogen-bond donors (Lipinski definition) is 2. The number of rotatable bonds is 3. The van der Waals surface area contributed by atoms with E-state index in [1.807, 2.05) is 30.3 Å². The van der Waals surface area contributed by atoms with E-state index >= 15 is 0 Å². The number of benzene rings is 2. The van der Waals surface area contributed by atoms with E-state index in [1.54, 1.807) is 0 Å². The molecule has 114 valence electrons. The molecule has 0 bridgehead atoms. The topological polar surface area (TPSA) is 55.1 Å². The van der Waals surface area contributed by atoms with Crippen LogP contribution in [-0.4, -0.2) is 11.9 Å². The lowest BCUT2D eigenvalue weighted by Crippen LogP contribution is -2.37. The van der Waals surface area contributed by atoms with Gasteiger partial charge in [0.1, 0.15) is 6.04 Å². The fraction of sp³-hybridized carbons (Fsp3) is 0.278. The summed E-state index contributed by atoms with van der Waals surface area (Å²) in [6.07, 6.45) is 1.08. The summed E-state index contributed by atoms with van der Waals surface area (Å²) in [5.41, 5.74) is 9.75. The standard InChI is InChI=1S/C18H18N2O.ClH/c19-16(11-6-2-1-3-7-11)18(21)20-17-14-10-12-8-4-5-9-13(12)15(14)17;/h1-9,14-17H,10,19H2,(H,20,21);1H.